The van der Waals surface area contributed by atoms with Crippen LogP contribution >= 0.6 is 0 Å². The zero-order valence-corrected chi connectivity index (χ0v) is 14.6. The number of carbonyl (C=O) groups excluding carboxylic acids is 2. The van der Waals surface area contributed by atoms with Crippen molar-refractivity contribution in [3.05, 3.63) is 29.5 Å². The number of carbonyl (C=O) groups is 2. The van der Waals surface area contributed by atoms with Crippen LogP contribution in [0.2, 0.25) is 0 Å². The summed E-state index contributed by atoms with van der Waals surface area (Å²) in [5.41, 5.74) is 2.12. The monoisotopic (exact) mass is 345 g/mol. The van der Waals surface area contributed by atoms with Crippen LogP contribution in [0.3, 0.4) is 0 Å². The molecule has 1 aromatic carbocycles. The van der Waals surface area contributed by atoms with E-state index in [4.69, 9.17) is 13.9 Å². The van der Waals surface area contributed by atoms with Crippen molar-refractivity contribution in [3.63, 3.8) is 0 Å². The lowest BCUT2D eigenvalue weighted by molar-refractivity contribution is -0.147. The van der Waals surface area contributed by atoms with Gasteiger partial charge in [0.15, 0.2) is 6.61 Å². The average Bonchev–Trinajstić information content (AvgIpc) is 2.95. The van der Waals surface area contributed by atoms with Crippen molar-refractivity contribution in [2.24, 2.45) is 0 Å². The maximum Gasteiger partial charge on any atom is 0.325 e. The predicted octanol–water partition coefficient (Wildman–Crippen LogP) is 2.76. The Morgan fingerprint density at radius 3 is 2.84 bits per heavy atom. The van der Waals surface area contributed by atoms with Crippen molar-refractivity contribution in [2.45, 2.75) is 45.6 Å². The summed E-state index contributed by atoms with van der Waals surface area (Å²) in [5.74, 6) is 0.853. The largest absolute Gasteiger partial charge is 0.484 e. The Morgan fingerprint density at radius 1 is 1.24 bits per heavy atom. The van der Waals surface area contributed by atoms with E-state index in [1.807, 2.05) is 12.1 Å². The van der Waals surface area contributed by atoms with Crippen LogP contribution in [0.1, 0.15) is 38.0 Å². The molecule has 0 spiro atoms. The highest BCUT2D eigenvalue weighted by atomic mass is 16.5. The molecule has 2 aromatic rings. The van der Waals surface area contributed by atoms with Crippen LogP contribution in [0.4, 0.5) is 0 Å². The zero-order valence-electron chi connectivity index (χ0n) is 14.6. The number of rotatable bonds is 6. The van der Waals surface area contributed by atoms with Crippen LogP contribution in [0.25, 0.3) is 11.0 Å². The Kier molecular flexibility index (Phi) is 5.26. The number of hydrogen-bond donors (Lipinski definition) is 1. The van der Waals surface area contributed by atoms with Crippen molar-refractivity contribution in [2.75, 3.05) is 13.2 Å². The number of furan rings is 1. The van der Waals surface area contributed by atoms with Crippen LogP contribution < -0.4 is 10.1 Å². The van der Waals surface area contributed by atoms with Crippen LogP contribution in [0, 0.1) is 0 Å². The number of hydrogen-bond acceptors (Lipinski definition) is 5. The van der Waals surface area contributed by atoms with Gasteiger partial charge < -0.3 is 19.2 Å². The topological polar surface area (TPSA) is 77.8 Å². The fourth-order valence-electron chi connectivity index (χ4n) is 3.01. The van der Waals surface area contributed by atoms with Gasteiger partial charge in [0.05, 0.1) is 6.10 Å². The van der Waals surface area contributed by atoms with Gasteiger partial charge in [-0.3, -0.25) is 9.59 Å². The zero-order chi connectivity index (χ0) is 17.8. The van der Waals surface area contributed by atoms with Crippen LogP contribution in [0.15, 0.2) is 22.6 Å². The smallest absolute Gasteiger partial charge is 0.325 e. The van der Waals surface area contributed by atoms with E-state index in [1.54, 1.807) is 19.9 Å². The average molecular weight is 345 g/mol. The SMILES string of the molecule is CC(C)OC(=O)CNC(=O)COc1ccc2oc3c(c2c1)CCCC3. The van der Waals surface area contributed by atoms with Crippen LogP contribution in [0.5, 0.6) is 5.75 Å². The Labute approximate surface area is 146 Å². The highest BCUT2D eigenvalue weighted by molar-refractivity contribution is 5.85. The van der Waals surface area contributed by atoms with E-state index < -0.39 is 5.97 Å². The maximum absolute atomic E-state index is 11.8. The molecule has 0 saturated carbocycles. The van der Waals surface area contributed by atoms with Crippen molar-refractivity contribution < 1.29 is 23.5 Å². The third-order valence-electron chi connectivity index (χ3n) is 4.09. The lowest BCUT2D eigenvalue weighted by Crippen LogP contribution is -2.34. The van der Waals surface area contributed by atoms with E-state index in [1.165, 1.54) is 12.0 Å². The van der Waals surface area contributed by atoms with E-state index >= 15 is 0 Å². The lowest BCUT2D eigenvalue weighted by Gasteiger charge is -2.10. The minimum absolute atomic E-state index is 0.152. The summed E-state index contributed by atoms with van der Waals surface area (Å²) in [6.07, 6.45) is 4.13. The van der Waals surface area contributed by atoms with E-state index in [2.05, 4.69) is 5.32 Å². The molecule has 1 N–H and O–H groups in total. The number of benzene rings is 1. The van der Waals surface area contributed by atoms with Gasteiger partial charge in [0.25, 0.3) is 5.91 Å². The maximum atomic E-state index is 11.8. The molecule has 25 heavy (non-hydrogen) atoms. The predicted molar refractivity (Wildman–Crippen MR) is 92.6 cm³/mol. The summed E-state index contributed by atoms with van der Waals surface area (Å²) in [7, 11) is 0. The first kappa shape index (κ1) is 17.3. The molecule has 6 heteroatoms. The van der Waals surface area contributed by atoms with Gasteiger partial charge in [0.2, 0.25) is 0 Å². The summed E-state index contributed by atoms with van der Waals surface area (Å²) < 4.78 is 16.4. The second-order valence-corrected chi connectivity index (χ2v) is 6.47. The van der Waals surface area contributed by atoms with Gasteiger partial charge >= 0.3 is 5.97 Å². The molecule has 1 aromatic heterocycles. The molecule has 0 bridgehead atoms. The molecule has 6 nitrogen and oxygen atoms in total. The standard InChI is InChI=1S/C19H23NO5/c1-12(2)24-19(22)10-20-18(21)11-23-13-7-8-17-15(9-13)14-5-3-4-6-16(14)25-17/h7-9,12H,3-6,10-11H2,1-2H3,(H,20,21). The number of aryl methyl sites for hydroxylation is 2. The molecule has 1 aliphatic carbocycles. The van der Waals surface area contributed by atoms with E-state index in [9.17, 15) is 9.59 Å². The van der Waals surface area contributed by atoms with Gasteiger partial charge in [-0.15, -0.1) is 0 Å². The van der Waals surface area contributed by atoms with Gasteiger partial charge in [-0.25, -0.2) is 0 Å². The minimum atomic E-state index is -0.463. The van der Waals surface area contributed by atoms with Gasteiger partial charge in [0.1, 0.15) is 23.6 Å². The summed E-state index contributed by atoms with van der Waals surface area (Å²) in [5, 5.41) is 3.55. The van der Waals surface area contributed by atoms with E-state index in [0.29, 0.717) is 5.75 Å². The van der Waals surface area contributed by atoms with Crippen molar-refractivity contribution in [3.8, 4) is 5.75 Å². The Balaban J connectivity index is 1.56. The molecular formula is C19H23NO5. The molecule has 1 heterocycles. The van der Waals surface area contributed by atoms with Crippen LogP contribution in [-0.2, 0) is 27.2 Å². The molecule has 0 unspecified atom stereocenters. The normalized spacial score (nSPS) is 13.6. The summed E-state index contributed by atoms with van der Waals surface area (Å²) in [6, 6.07) is 5.59. The molecule has 134 valence electrons. The molecule has 1 amide bonds. The molecule has 0 fully saturated rings. The van der Waals surface area contributed by atoms with Gasteiger partial charge in [-0.2, -0.15) is 0 Å². The van der Waals surface area contributed by atoms with Crippen molar-refractivity contribution >= 4 is 22.8 Å². The number of amides is 1. The molecule has 0 radical (unpaired) electrons. The highest BCUT2D eigenvalue weighted by Gasteiger charge is 2.18. The number of nitrogens with one attached hydrogen (secondary N) is 1. The van der Waals surface area contributed by atoms with Gasteiger partial charge in [-0.1, -0.05) is 0 Å². The van der Waals surface area contributed by atoms with Crippen molar-refractivity contribution in [1.82, 2.24) is 5.32 Å². The summed E-state index contributed by atoms with van der Waals surface area (Å²) in [4.78, 5) is 23.2. The number of esters is 1. The summed E-state index contributed by atoms with van der Waals surface area (Å²) in [6.45, 7) is 3.20. The number of ether oxygens (including phenoxy) is 2. The first-order valence-electron chi connectivity index (χ1n) is 8.66. The second-order valence-electron chi connectivity index (χ2n) is 6.47. The fourth-order valence-corrected chi connectivity index (χ4v) is 3.01. The van der Waals surface area contributed by atoms with E-state index in [-0.39, 0.29) is 25.2 Å². The Bertz CT molecular complexity index is 777. The second kappa shape index (κ2) is 7.59. The number of fused-ring (bicyclic) bond motifs is 3. The first-order valence-corrected chi connectivity index (χ1v) is 8.66. The van der Waals surface area contributed by atoms with Gasteiger partial charge in [-0.05, 0) is 51.3 Å². The van der Waals surface area contributed by atoms with Crippen LogP contribution in [-0.4, -0.2) is 31.1 Å². The molecule has 0 atom stereocenters. The van der Waals surface area contributed by atoms with Gasteiger partial charge in [0, 0.05) is 17.4 Å². The molecule has 0 aliphatic heterocycles. The molecule has 3 rings (SSSR count). The fraction of sp³-hybridized carbons (Fsp3) is 0.474. The third kappa shape index (κ3) is 4.32. The Morgan fingerprint density at radius 2 is 2.04 bits per heavy atom. The lowest BCUT2D eigenvalue weighted by atomic mass is 9.96. The quantitative estimate of drug-likeness (QED) is 0.815. The Hall–Kier alpha value is -2.50. The molecule has 1 aliphatic rings. The highest BCUT2D eigenvalue weighted by Crippen LogP contribution is 2.33. The summed E-state index contributed by atoms with van der Waals surface area (Å²) >= 11 is 0. The third-order valence-corrected chi connectivity index (χ3v) is 4.09. The minimum Gasteiger partial charge on any atom is -0.484 e. The first-order chi connectivity index (χ1) is 12.0. The molecule has 0 saturated heterocycles. The van der Waals surface area contributed by atoms with Crippen molar-refractivity contribution in [1.29, 1.82) is 0 Å². The van der Waals surface area contributed by atoms with E-state index in [0.717, 1.165) is 36.0 Å². The molecular weight excluding hydrogens is 322 g/mol.